The quantitative estimate of drug-likeness (QED) is 0.819. The fourth-order valence-electron chi connectivity index (χ4n) is 1.63. The van der Waals surface area contributed by atoms with Gasteiger partial charge >= 0.3 is 0 Å². The van der Waals surface area contributed by atoms with E-state index in [0.717, 1.165) is 11.3 Å². The molecule has 2 aromatic rings. The maximum absolute atomic E-state index is 11.2. The fraction of sp³-hybridized carbons (Fsp3) is 0.0714. The number of rotatable bonds is 3. The van der Waals surface area contributed by atoms with Crippen LogP contribution in [0.2, 0.25) is 0 Å². The van der Waals surface area contributed by atoms with Gasteiger partial charge in [-0.3, -0.25) is 9.69 Å². The molecular weight excluding hydrogens is 214 g/mol. The number of carbonyl (C=O) groups is 1. The van der Waals surface area contributed by atoms with E-state index in [9.17, 15) is 9.90 Å². The van der Waals surface area contributed by atoms with Gasteiger partial charge in [-0.15, -0.1) is 0 Å². The molecule has 0 aromatic heterocycles. The van der Waals surface area contributed by atoms with Gasteiger partial charge in [0, 0.05) is 5.69 Å². The number of aromatic hydroxyl groups is 1. The molecule has 17 heavy (non-hydrogen) atoms. The number of hydrogen-bond acceptors (Lipinski definition) is 2. The maximum atomic E-state index is 11.2. The van der Waals surface area contributed by atoms with Crippen LogP contribution in [0.3, 0.4) is 0 Å². The number of hydrogen-bond donors (Lipinski definition) is 1. The van der Waals surface area contributed by atoms with Crippen LogP contribution in [0.1, 0.15) is 5.56 Å². The molecule has 2 aromatic carbocycles. The van der Waals surface area contributed by atoms with Gasteiger partial charge in [-0.05, 0) is 31.2 Å². The van der Waals surface area contributed by atoms with Crippen molar-refractivity contribution in [2.45, 2.75) is 6.92 Å². The third-order valence-electron chi connectivity index (χ3n) is 2.56. The Kier molecular flexibility index (Phi) is 3.10. The Morgan fingerprint density at radius 3 is 2.29 bits per heavy atom. The highest BCUT2D eigenvalue weighted by Gasteiger charge is 2.11. The molecule has 0 fully saturated rings. The van der Waals surface area contributed by atoms with Crippen LogP contribution in [0.25, 0.3) is 0 Å². The molecular formula is C14H13NO2. The Hall–Kier alpha value is -2.29. The minimum Gasteiger partial charge on any atom is -0.506 e. The Labute approximate surface area is 99.9 Å². The van der Waals surface area contributed by atoms with Gasteiger partial charge in [0.2, 0.25) is 6.41 Å². The van der Waals surface area contributed by atoms with E-state index in [1.807, 2.05) is 31.2 Å². The minimum absolute atomic E-state index is 0.0835. The fourth-order valence-corrected chi connectivity index (χ4v) is 1.63. The van der Waals surface area contributed by atoms with E-state index in [1.54, 1.807) is 24.3 Å². The van der Waals surface area contributed by atoms with E-state index in [0.29, 0.717) is 12.1 Å². The Morgan fingerprint density at radius 1 is 1.06 bits per heavy atom. The predicted octanol–water partition coefficient (Wildman–Crippen LogP) is 3.00. The number of anilines is 2. The lowest BCUT2D eigenvalue weighted by Crippen LogP contribution is -2.13. The number of phenolic OH excluding ortho intramolecular Hbond substituents is 1. The van der Waals surface area contributed by atoms with Gasteiger partial charge < -0.3 is 5.11 Å². The van der Waals surface area contributed by atoms with Crippen LogP contribution in [-0.4, -0.2) is 11.5 Å². The molecule has 0 aliphatic rings. The van der Waals surface area contributed by atoms with Gasteiger partial charge in [-0.2, -0.15) is 0 Å². The lowest BCUT2D eigenvalue weighted by atomic mass is 10.2. The highest BCUT2D eigenvalue weighted by molar-refractivity contribution is 5.88. The molecule has 0 heterocycles. The van der Waals surface area contributed by atoms with Gasteiger partial charge in [-0.25, -0.2) is 0 Å². The van der Waals surface area contributed by atoms with Crippen molar-refractivity contribution in [3.63, 3.8) is 0 Å². The standard InChI is InChI=1S/C14H13NO2/c1-11-6-8-12(9-7-11)15(10-16)13-4-2-3-5-14(13)17/h2-10,17H,1H3. The summed E-state index contributed by atoms with van der Waals surface area (Å²) in [7, 11) is 0. The lowest BCUT2D eigenvalue weighted by molar-refractivity contribution is -0.106. The Morgan fingerprint density at radius 2 is 1.71 bits per heavy atom. The molecule has 3 nitrogen and oxygen atoms in total. The molecule has 0 aliphatic carbocycles. The van der Waals surface area contributed by atoms with E-state index in [-0.39, 0.29) is 5.75 Å². The van der Waals surface area contributed by atoms with Gasteiger partial charge in [0.25, 0.3) is 0 Å². The van der Waals surface area contributed by atoms with Gasteiger partial charge in [0.05, 0.1) is 5.69 Å². The van der Waals surface area contributed by atoms with E-state index in [4.69, 9.17) is 0 Å². The van der Waals surface area contributed by atoms with E-state index >= 15 is 0 Å². The summed E-state index contributed by atoms with van der Waals surface area (Å²) in [6.07, 6.45) is 0.694. The summed E-state index contributed by atoms with van der Waals surface area (Å²) >= 11 is 0. The van der Waals surface area contributed by atoms with E-state index in [1.165, 1.54) is 4.90 Å². The zero-order valence-corrected chi connectivity index (χ0v) is 9.50. The summed E-state index contributed by atoms with van der Waals surface area (Å²) in [4.78, 5) is 12.6. The molecule has 3 heteroatoms. The molecule has 0 saturated carbocycles. The first-order valence-corrected chi connectivity index (χ1v) is 5.31. The van der Waals surface area contributed by atoms with E-state index in [2.05, 4.69) is 0 Å². The van der Waals surface area contributed by atoms with Crippen LogP contribution in [0.5, 0.6) is 5.75 Å². The van der Waals surface area contributed by atoms with Crippen LogP contribution in [0.4, 0.5) is 11.4 Å². The van der Waals surface area contributed by atoms with Crippen molar-refractivity contribution in [2.24, 2.45) is 0 Å². The topological polar surface area (TPSA) is 40.5 Å². The van der Waals surface area contributed by atoms with Crippen LogP contribution < -0.4 is 4.90 Å². The van der Waals surface area contributed by atoms with Crippen LogP contribution in [-0.2, 0) is 4.79 Å². The van der Waals surface area contributed by atoms with Gasteiger partial charge in [0.1, 0.15) is 5.75 Å². The third kappa shape index (κ3) is 2.28. The van der Waals surface area contributed by atoms with Crippen molar-refractivity contribution >= 4 is 17.8 Å². The number of benzene rings is 2. The van der Waals surface area contributed by atoms with Crippen LogP contribution in [0.15, 0.2) is 48.5 Å². The zero-order valence-electron chi connectivity index (χ0n) is 9.50. The average Bonchev–Trinajstić information content (AvgIpc) is 2.35. The normalized spacial score (nSPS) is 9.94. The number of phenols is 1. The number of carbonyl (C=O) groups excluding carboxylic acids is 1. The molecule has 0 unspecified atom stereocenters. The molecule has 0 spiro atoms. The Bertz CT molecular complexity index is 520. The van der Waals surface area contributed by atoms with Crippen molar-refractivity contribution in [1.82, 2.24) is 0 Å². The second kappa shape index (κ2) is 4.70. The van der Waals surface area contributed by atoms with Crippen LogP contribution >= 0.6 is 0 Å². The number of aryl methyl sites for hydroxylation is 1. The molecule has 2 rings (SSSR count). The first-order chi connectivity index (χ1) is 8.22. The second-order valence-corrected chi connectivity index (χ2v) is 3.80. The molecule has 0 bridgehead atoms. The largest absolute Gasteiger partial charge is 0.506 e. The van der Waals surface area contributed by atoms with Gasteiger partial charge in [0.15, 0.2) is 0 Å². The number of amides is 1. The minimum atomic E-state index is 0.0835. The van der Waals surface area contributed by atoms with Crippen molar-refractivity contribution in [3.05, 3.63) is 54.1 Å². The average molecular weight is 227 g/mol. The van der Waals surface area contributed by atoms with Gasteiger partial charge in [-0.1, -0.05) is 29.8 Å². The first-order valence-electron chi connectivity index (χ1n) is 5.31. The molecule has 1 amide bonds. The SMILES string of the molecule is Cc1ccc(N(C=O)c2ccccc2O)cc1. The maximum Gasteiger partial charge on any atom is 0.218 e. The lowest BCUT2D eigenvalue weighted by Gasteiger charge is -2.18. The molecule has 1 N–H and O–H groups in total. The van der Waals surface area contributed by atoms with Crippen molar-refractivity contribution in [3.8, 4) is 5.75 Å². The summed E-state index contributed by atoms with van der Waals surface area (Å²) < 4.78 is 0. The highest BCUT2D eigenvalue weighted by Crippen LogP contribution is 2.31. The molecule has 86 valence electrons. The van der Waals surface area contributed by atoms with E-state index < -0.39 is 0 Å². The zero-order chi connectivity index (χ0) is 12.3. The first kappa shape index (κ1) is 11.2. The second-order valence-electron chi connectivity index (χ2n) is 3.80. The number of para-hydroxylation sites is 2. The highest BCUT2D eigenvalue weighted by atomic mass is 16.3. The monoisotopic (exact) mass is 227 g/mol. The third-order valence-corrected chi connectivity index (χ3v) is 2.56. The van der Waals surface area contributed by atoms with Crippen molar-refractivity contribution < 1.29 is 9.90 Å². The molecule has 0 saturated heterocycles. The summed E-state index contributed by atoms with van der Waals surface area (Å²) in [6, 6.07) is 14.3. The number of nitrogens with zero attached hydrogens (tertiary/aromatic N) is 1. The summed E-state index contributed by atoms with van der Waals surface area (Å²) in [5, 5.41) is 9.73. The summed E-state index contributed by atoms with van der Waals surface area (Å²) in [5.41, 5.74) is 2.33. The Balaban J connectivity index is 2.44. The molecule has 0 radical (unpaired) electrons. The molecule has 0 aliphatic heterocycles. The molecule has 0 atom stereocenters. The summed E-state index contributed by atoms with van der Waals surface area (Å²) in [5.74, 6) is 0.0835. The van der Waals surface area contributed by atoms with Crippen LogP contribution in [0, 0.1) is 6.92 Å². The smallest absolute Gasteiger partial charge is 0.218 e. The van der Waals surface area contributed by atoms with Crippen molar-refractivity contribution in [2.75, 3.05) is 4.90 Å². The predicted molar refractivity (Wildman–Crippen MR) is 67.5 cm³/mol. The van der Waals surface area contributed by atoms with Crippen molar-refractivity contribution in [1.29, 1.82) is 0 Å². The summed E-state index contributed by atoms with van der Waals surface area (Å²) in [6.45, 7) is 1.98.